The predicted molar refractivity (Wildman–Crippen MR) is 91.2 cm³/mol. The molecule has 2 aliphatic heterocycles. The smallest absolute Gasteiger partial charge is 0.322 e. The molecule has 1 unspecified atom stereocenters. The number of carbonyl (C=O) groups is 3. The Morgan fingerprint density at radius 1 is 1.16 bits per heavy atom. The third kappa shape index (κ3) is 3.82. The lowest BCUT2D eigenvalue weighted by Gasteiger charge is -2.25. The number of fused-ring (bicyclic) bond motifs is 1. The van der Waals surface area contributed by atoms with Gasteiger partial charge in [-0.25, -0.2) is 0 Å². The molecule has 2 aliphatic rings. The molecule has 0 spiro atoms. The molecule has 7 heteroatoms. The molecular weight excluding hydrogens is 322 g/mol. The van der Waals surface area contributed by atoms with Gasteiger partial charge in [-0.05, 0) is 50.5 Å². The van der Waals surface area contributed by atoms with Crippen LogP contribution in [0.3, 0.4) is 0 Å². The van der Waals surface area contributed by atoms with Crippen LogP contribution in [0.4, 0.5) is 0 Å². The van der Waals surface area contributed by atoms with E-state index in [0.717, 1.165) is 26.1 Å². The van der Waals surface area contributed by atoms with Crippen molar-refractivity contribution >= 4 is 17.8 Å². The van der Waals surface area contributed by atoms with Gasteiger partial charge in [0.25, 0.3) is 5.91 Å². The molecular formula is C18H23N3O4. The molecule has 2 N–H and O–H groups in total. The summed E-state index contributed by atoms with van der Waals surface area (Å²) in [6, 6.07) is 6.30. The molecule has 0 bridgehead atoms. The maximum atomic E-state index is 12.7. The summed E-state index contributed by atoms with van der Waals surface area (Å²) in [5, 5.41) is 11.2. The van der Waals surface area contributed by atoms with Crippen LogP contribution >= 0.6 is 0 Å². The molecule has 1 fully saturated rings. The van der Waals surface area contributed by atoms with Gasteiger partial charge in [0.15, 0.2) is 0 Å². The van der Waals surface area contributed by atoms with Crippen LogP contribution in [0.2, 0.25) is 0 Å². The first kappa shape index (κ1) is 17.4. The number of carboxylic acid groups (broad SMARTS) is 1. The Morgan fingerprint density at radius 3 is 2.60 bits per heavy atom. The number of nitrogens with one attached hydrogen (secondary N) is 1. The molecule has 0 radical (unpaired) electrons. The molecule has 2 amide bonds. The second-order valence-electron chi connectivity index (χ2n) is 6.50. The van der Waals surface area contributed by atoms with Crippen molar-refractivity contribution in [1.29, 1.82) is 0 Å². The van der Waals surface area contributed by atoms with Crippen molar-refractivity contribution < 1.29 is 19.5 Å². The molecule has 7 nitrogen and oxygen atoms in total. The van der Waals surface area contributed by atoms with Gasteiger partial charge in [0.2, 0.25) is 5.91 Å². The second kappa shape index (κ2) is 7.65. The van der Waals surface area contributed by atoms with E-state index in [2.05, 4.69) is 10.2 Å². The highest BCUT2D eigenvalue weighted by molar-refractivity contribution is 6.04. The van der Waals surface area contributed by atoms with E-state index in [1.165, 1.54) is 12.8 Å². The molecule has 1 aromatic rings. The predicted octanol–water partition coefficient (Wildman–Crippen LogP) is 0.870. The van der Waals surface area contributed by atoms with Gasteiger partial charge in [-0.15, -0.1) is 0 Å². The van der Waals surface area contributed by atoms with Crippen molar-refractivity contribution in [2.45, 2.75) is 25.3 Å². The fraction of sp³-hybridized carbons (Fsp3) is 0.500. The van der Waals surface area contributed by atoms with Gasteiger partial charge in [0.1, 0.15) is 12.6 Å². The Labute approximate surface area is 146 Å². The van der Waals surface area contributed by atoms with Crippen molar-refractivity contribution in [1.82, 2.24) is 15.1 Å². The van der Waals surface area contributed by atoms with Gasteiger partial charge < -0.3 is 20.2 Å². The van der Waals surface area contributed by atoms with Crippen LogP contribution in [-0.4, -0.2) is 65.4 Å². The Balaban J connectivity index is 1.71. The molecule has 134 valence electrons. The van der Waals surface area contributed by atoms with E-state index in [9.17, 15) is 14.4 Å². The molecule has 25 heavy (non-hydrogen) atoms. The number of benzene rings is 1. The number of rotatable bonds is 7. The molecule has 1 atom stereocenters. The number of amides is 2. The minimum Gasteiger partial charge on any atom is -0.480 e. The minimum absolute atomic E-state index is 0.160. The number of nitrogens with zero attached hydrogens (tertiary/aromatic N) is 2. The van der Waals surface area contributed by atoms with Crippen LogP contribution < -0.4 is 5.32 Å². The number of hydrogen-bond acceptors (Lipinski definition) is 4. The van der Waals surface area contributed by atoms with Gasteiger partial charge in [-0.1, -0.05) is 18.2 Å². The standard InChI is InChI=1S/C18H23N3O4/c22-15(23)12-19-17(24)16-13-6-1-2-7-14(13)18(25)21(16)11-5-10-20-8-3-4-9-20/h1-2,6-7,16H,3-5,8-12H2,(H,19,24)(H,22,23). The van der Waals surface area contributed by atoms with Crippen LogP contribution in [0, 0.1) is 0 Å². The highest BCUT2D eigenvalue weighted by Crippen LogP contribution is 2.33. The minimum atomic E-state index is -1.11. The molecule has 0 aliphatic carbocycles. The van der Waals surface area contributed by atoms with Gasteiger partial charge in [0, 0.05) is 12.1 Å². The maximum absolute atomic E-state index is 12.7. The van der Waals surface area contributed by atoms with Crippen LogP contribution in [0.1, 0.15) is 41.2 Å². The largest absolute Gasteiger partial charge is 0.480 e. The lowest BCUT2D eigenvalue weighted by Crippen LogP contribution is -2.41. The number of carbonyl (C=O) groups excluding carboxylic acids is 2. The fourth-order valence-electron chi connectivity index (χ4n) is 3.61. The lowest BCUT2D eigenvalue weighted by molar-refractivity contribution is -0.138. The highest BCUT2D eigenvalue weighted by Gasteiger charge is 2.40. The third-order valence-electron chi connectivity index (χ3n) is 4.79. The van der Waals surface area contributed by atoms with Crippen molar-refractivity contribution in [2.75, 3.05) is 32.7 Å². The van der Waals surface area contributed by atoms with Crippen LogP contribution in [-0.2, 0) is 9.59 Å². The first-order chi connectivity index (χ1) is 12.1. The average Bonchev–Trinajstić information content (AvgIpc) is 3.20. The van der Waals surface area contributed by atoms with Crippen molar-refractivity contribution in [2.24, 2.45) is 0 Å². The first-order valence-electron chi connectivity index (χ1n) is 8.69. The normalized spacial score (nSPS) is 19.9. The quantitative estimate of drug-likeness (QED) is 0.765. The number of likely N-dealkylation sites (tertiary alicyclic amines) is 1. The zero-order valence-corrected chi connectivity index (χ0v) is 14.1. The fourth-order valence-corrected chi connectivity index (χ4v) is 3.61. The zero-order valence-electron chi connectivity index (χ0n) is 14.1. The third-order valence-corrected chi connectivity index (χ3v) is 4.79. The van der Waals surface area contributed by atoms with Crippen LogP contribution in [0.25, 0.3) is 0 Å². The van der Waals surface area contributed by atoms with E-state index in [0.29, 0.717) is 17.7 Å². The summed E-state index contributed by atoms with van der Waals surface area (Å²) in [7, 11) is 0. The number of carboxylic acids is 1. The Hall–Kier alpha value is -2.41. The van der Waals surface area contributed by atoms with Gasteiger partial charge in [0.05, 0.1) is 0 Å². The summed E-state index contributed by atoms with van der Waals surface area (Å²) < 4.78 is 0. The molecule has 2 heterocycles. The van der Waals surface area contributed by atoms with E-state index >= 15 is 0 Å². The summed E-state index contributed by atoms with van der Waals surface area (Å²) in [4.78, 5) is 39.9. The van der Waals surface area contributed by atoms with Crippen molar-refractivity contribution in [3.8, 4) is 0 Å². The van der Waals surface area contributed by atoms with Crippen molar-refractivity contribution in [3.63, 3.8) is 0 Å². The Kier molecular flexibility index (Phi) is 5.33. The molecule has 1 saturated heterocycles. The van der Waals surface area contributed by atoms with Gasteiger partial charge in [-0.2, -0.15) is 0 Å². The van der Waals surface area contributed by atoms with E-state index < -0.39 is 24.5 Å². The summed E-state index contributed by atoms with van der Waals surface area (Å²) in [6.07, 6.45) is 3.23. The summed E-state index contributed by atoms with van der Waals surface area (Å²) in [5.41, 5.74) is 1.18. The van der Waals surface area contributed by atoms with E-state index in [1.54, 1.807) is 29.2 Å². The average molecular weight is 345 g/mol. The monoisotopic (exact) mass is 345 g/mol. The molecule has 1 aromatic carbocycles. The zero-order chi connectivity index (χ0) is 17.8. The summed E-state index contributed by atoms with van der Waals surface area (Å²) in [6.45, 7) is 3.12. The first-order valence-corrected chi connectivity index (χ1v) is 8.69. The SMILES string of the molecule is O=C(O)CNC(=O)C1c2ccccc2C(=O)N1CCCN1CCCC1. The molecule has 0 aromatic heterocycles. The number of hydrogen-bond donors (Lipinski definition) is 2. The lowest BCUT2D eigenvalue weighted by atomic mass is 10.0. The summed E-state index contributed by atoms with van der Waals surface area (Å²) >= 11 is 0. The number of aliphatic carboxylic acids is 1. The van der Waals surface area contributed by atoms with Crippen molar-refractivity contribution in [3.05, 3.63) is 35.4 Å². The molecule has 0 saturated carbocycles. The second-order valence-corrected chi connectivity index (χ2v) is 6.50. The topological polar surface area (TPSA) is 89.9 Å². The maximum Gasteiger partial charge on any atom is 0.322 e. The van der Waals surface area contributed by atoms with Gasteiger partial charge in [-0.3, -0.25) is 14.4 Å². The summed E-state index contributed by atoms with van der Waals surface area (Å²) in [5.74, 6) is -1.71. The highest BCUT2D eigenvalue weighted by atomic mass is 16.4. The van der Waals surface area contributed by atoms with Gasteiger partial charge >= 0.3 is 5.97 Å². The van der Waals surface area contributed by atoms with Crippen LogP contribution in [0.5, 0.6) is 0 Å². The van der Waals surface area contributed by atoms with Crippen LogP contribution in [0.15, 0.2) is 24.3 Å². The molecule has 3 rings (SSSR count). The van der Waals surface area contributed by atoms with E-state index in [1.807, 2.05) is 0 Å². The van der Waals surface area contributed by atoms with E-state index in [-0.39, 0.29) is 5.91 Å². The Bertz CT molecular complexity index is 670. The van der Waals surface area contributed by atoms with E-state index in [4.69, 9.17) is 5.11 Å². The Morgan fingerprint density at radius 2 is 1.88 bits per heavy atom.